The Morgan fingerprint density at radius 3 is 2.55 bits per heavy atom. The number of nitrogens with zero attached hydrogens (tertiary/aromatic N) is 1. The highest BCUT2D eigenvalue weighted by molar-refractivity contribution is 7.98. The number of hydrogen-bond donors (Lipinski definition) is 0. The second kappa shape index (κ2) is 5.76. The number of aromatic nitrogens is 1. The SMILES string of the molecule is CCn1cc(SCc2ccccc2C)c2ccccc21. The van der Waals surface area contributed by atoms with Crippen LogP contribution in [0.2, 0.25) is 0 Å². The standard InChI is InChI=1S/C18H19NS/c1-3-19-12-18(16-10-6-7-11-17(16)19)20-13-15-9-5-4-8-14(15)2/h4-12H,3,13H2,1-2H3. The van der Waals surface area contributed by atoms with E-state index < -0.39 is 0 Å². The smallest absolute Gasteiger partial charge is 0.0491 e. The van der Waals surface area contributed by atoms with Gasteiger partial charge in [-0.25, -0.2) is 0 Å². The van der Waals surface area contributed by atoms with Gasteiger partial charge < -0.3 is 4.57 Å². The molecule has 1 aromatic heterocycles. The van der Waals surface area contributed by atoms with Gasteiger partial charge in [-0.05, 0) is 31.0 Å². The van der Waals surface area contributed by atoms with Crippen LogP contribution in [0.25, 0.3) is 10.9 Å². The van der Waals surface area contributed by atoms with E-state index in [0.29, 0.717) is 0 Å². The Morgan fingerprint density at radius 2 is 1.75 bits per heavy atom. The number of thioether (sulfide) groups is 1. The third-order valence-corrected chi connectivity index (χ3v) is 4.83. The van der Waals surface area contributed by atoms with E-state index in [0.717, 1.165) is 12.3 Å². The third kappa shape index (κ3) is 2.48. The molecule has 1 nitrogen and oxygen atoms in total. The van der Waals surface area contributed by atoms with Gasteiger partial charge in [0.2, 0.25) is 0 Å². The minimum atomic E-state index is 1.02. The quantitative estimate of drug-likeness (QED) is 0.590. The number of para-hydroxylation sites is 1. The third-order valence-electron chi connectivity index (χ3n) is 3.74. The Morgan fingerprint density at radius 1 is 1.00 bits per heavy atom. The molecule has 0 unspecified atom stereocenters. The lowest BCUT2D eigenvalue weighted by atomic mass is 10.1. The van der Waals surface area contributed by atoms with Crippen LogP contribution in [0.15, 0.2) is 59.6 Å². The minimum absolute atomic E-state index is 1.02. The number of benzene rings is 2. The van der Waals surface area contributed by atoms with Crippen LogP contribution in [-0.4, -0.2) is 4.57 Å². The van der Waals surface area contributed by atoms with Crippen LogP contribution in [0.1, 0.15) is 18.1 Å². The highest BCUT2D eigenvalue weighted by Gasteiger charge is 2.08. The van der Waals surface area contributed by atoms with Crippen molar-refractivity contribution in [1.29, 1.82) is 0 Å². The summed E-state index contributed by atoms with van der Waals surface area (Å²) in [4.78, 5) is 1.38. The Hall–Kier alpha value is -1.67. The summed E-state index contributed by atoms with van der Waals surface area (Å²) < 4.78 is 2.33. The molecular formula is C18H19NS. The first-order valence-electron chi connectivity index (χ1n) is 7.04. The summed E-state index contributed by atoms with van der Waals surface area (Å²) in [6.45, 7) is 5.40. The Labute approximate surface area is 124 Å². The van der Waals surface area contributed by atoms with E-state index in [4.69, 9.17) is 0 Å². The van der Waals surface area contributed by atoms with Gasteiger partial charge in [-0.2, -0.15) is 0 Å². The van der Waals surface area contributed by atoms with E-state index in [1.807, 2.05) is 11.8 Å². The predicted molar refractivity (Wildman–Crippen MR) is 88.4 cm³/mol. The van der Waals surface area contributed by atoms with Crippen LogP contribution in [0, 0.1) is 6.92 Å². The fourth-order valence-corrected chi connectivity index (χ4v) is 3.68. The van der Waals surface area contributed by atoms with Gasteiger partial charge >= 0.3 is 0 Å². The Balaban J connectivity index is 1.90. The zero-order chi connectivity index (χ0) is 13.9. The topological polar surface area (TPSA) is 4.93 Å². The lowest BCUT2D eigenvalue weighted by Crippen LogP contribution is -1.89. The number of aryl methyl sites for hydroxylation is 2. The molecule has 0 aliphatic heterocycles. The van der Waals surface area contributed by atoms with E-state index in [1.165, 1.54) is 26.9 Å². The summed E-state index contributed by atoms with van der Waals surface area (Å²) in [5.41, 5.74) is 4.13. The van der Waals surface area contributed by atoms with E-state index >= 15 is 0 Å². The first kappa shape index (κ1) is 13.3. The van der Waals surface area contributed by atoms with Crippen LogP contribution >= 0.6 is 11.8 Å². The van der Waals surface area contributed by atoms with E-state index in [2.05, 4.69) is 73.1 Å². The molecule has 0 aliphatic rings. The molecule has 1 heterocycles. The van der Waals surface area contributed by atoms with Crippen molar-refractivity contribution < 1.29 is 0 Å². The molecule has 102 valence electrons. The Kier molecular flexibility index (Phi) is 3.83. The molecule has 0 aliphatic carbocycles. The second-order valence-corrected chi connectivity index (χ2v) is 6.03. The normalized spacial score (nSPS) is 11.1. The molecule has 0 radical (unpaired) electrons. The van der Waals surface area contributed by atoms with Gasteiger partial charge in [-0.15, -0.1) is 11.8 Å². The van der Waals surface area contributed by atoms with Gasteiger partial charge in [0.25, 0.3) is 0 Å². The molecule has 20 heavy (non-hydrogen) atoms. The fraction of sp³-hybridized carbons (Fsp3) is 0.222. The van der Waals surface area contributed by atoms with Gasteiger partial charge in [0.1, 0.15) is 0 Å². The maximum atomic E-state index is 2.33. The molecule has 3 rings (SSSR count). The molecule has 0 saturated carbocycles. The van der Waals surface area contributed by atoms with E-state index in [-0.39, 0.29) is 0 Å². The zero-order valence-electron chi connectivity index (χ0n) is 12.0. The van der Waals surface area contributed by atoms with Gasteiger partial charge in [0.15, 0.2) is 0 Å². The van der Waals surface area contributed by atoms with Crippen LogP contribution < -0.4 is 0 Å². The molecule has 0 bridgehead atoms. The molecule has 0 amide bonds. The average Bonchev–Trinajstić information content (AvgIpc) is 2.85. The summed E-state index contributed by atoms with van der Waals surface area (Å²) in [5.74, 6) is 1.03. The number of fused-ring (bicyclic) bond motifs is 1. The van der Waals surface area contributed by atoms with E-state index in [1.54, 1.807) is 0 Å². The van der Waals surface area contributed by atoms with Crippen molar-refractivity contribution in [3.63, 3.8) is 0 Å². The predicted octanol–water partition coefficient (Wildman–Crippen LogP) is 5.26. The number of hydrogen-bond acceptors (Lipinski definition) is 1. The maximum Gasteiger partial charge on any atom is 0.0491 e. The number of rotatable bonds is 4. The molecular weight excluding hydrogens is 262 g/mol. The summed E-state index contributed by atoms with van der Waals surface area (Å²) in [6.07, 6.45) is 2.29. The van der Waals surface area contributed by atoms with Crippen molar-refractivity contribution in [2.75, 3.05) is 0 Å². The van der Waals surface area contributed by atoms with Crippen LogP contribution in [0.4, 0.5) is 0 Å². The summed E-state index contributed by atoms with van der Waals surface area (Å²) in [5, 5.41) is 1.37. The molecule has 2 aromatic carbocycles. The highest BCUT2D eigenvalue weighted by atomic mass is 32.2. The second-order valence-electron chi connectivity index (χ2n) is 5.01. The van der Waals surface area contributed by atoms with Crippen molar-refractivity contribution in [2.24, 2.45) is 0 Å². The maximum absolute atomic E-state index is 2.33. The van der Waals surface area contributed by atoms with Crippen molar-refractivity contribution in [3.05, 3.63) is 65.9 Å². The van der Waals surface area contributed by atoms with Gasteiger partial charge in [0.05, 0.1) is 0 Å². The summed E-state index contributed by atoms with van der Waals surface area (Å²) >= 11 is 1.93. The van der Waals surface area contributed by atoms with Crippen LogP contribution in [0.3, 0.4) is 0 Å². The van der Waals surface area contributed by atoms with Crippen molar-refractivity contribution >= 4 is 22.7 Å². The molecule has 3 aromatic rings. The molecule has 0 fully saturated rings. The average molecular weight is 281 g/mol. The van der Waals surface area contributed by atoms with Crippen LogP contribution in [-0.2, 0) is 12.3 Å². The molecule has 0 N–H and O–H groups in total. The van der Waals surface area contributed by atoms with Crippen LogP contribution in [0.5, 0.6) is 0 Å². The fourth-order valence-electron chi connectivity index (χ4n) is 2.52. The first-order valence-corrected chi connectivity index (χ1v) is 8.03. The lowest BCUT2D eigenvalue weighted by Gasteiger charge is -2.04. The van der Waals surface area contributed by atoms with Crippen molar-refractivity contribution in [1.82, 2.24) is 4.57 Å². The Bertz CT molecular complexity index is 727. The molecule has 2 heteroatoms. The van der Waals surface area contributed by atoms with Crippen molar-refractivity contribution in [2.45, 2.75) is 31.0 Å². The first-order chi connectivity index (χ1) is 9.79. The summed E-state index contributed by atoms with van der Waals surface area (Å²) in [6, 6.07) is 17.3. The monoisotopic (exact) mass is 281 g/mol. The van der Waals surface area contributed by atoms with Gasteiger partial charge in [0, 0.05) is 34.3 Å². The lowest BCUT2D eigenvalue weighted by molar-refractivity contribution is 0.792. The van der Waals surface area contributed by atoms with E-state index in [9.17, 15) is 0 Å². The van der Waals surface area contributed by atoms with Gasteiger partial charge in [-0.1, -0.05) is 42.5 Å². The van der Waals surface area contributed by atoms with Gasteiger partial charge in [-0.3, -0.25) is 0 Å². The largest absolute Gasteiger partial charge is 0.347 e. The molecule has 0 saturated heterocycles. The highest BCUT2D eigenvalue weighted by Crippen LogP contribution is 2.32. The molecule has 0 atom stereocenters. The zero-order valence-corrected chi connectivity index (χ0v) is 12.8. The molecule has 0 spiro atoms. The summed E-state index contributed by atoms with van der Waals surface area (Å²) in [7, 11) is 0. The minimum Gasteiger partial charge on any atom is -0.347 e. The van der Waals surface area contributed by atoms with Crippen molar-refractivity contribution in [3.8, 4) is 0 Å².